The van der Waals surface area contributed by atoms with Gasteiger partial charge in [0.2, 0.25) is 5.88 Å². The van der Waals surface area contributed by atoms with Gasteiger partial charge in [0.05, 0.1) is 23.2 Å². The van der Waals surface area contributed by atoms with E-state index in [9.17, 15) is 14.0 Å². The van der Waals surface area contributed by atoms with Crippen LogP contribution >= 0.6 is 0 Å². The molecule has 0 aliphatic carbocycles. The summed E-state index contributed by atoms with van der Waals surface area (Å²) in [6.45, 7) is 5.12. The molecule has 3 aromatic carbocycles. The van der Waals surface area contributed by atoms with Gasteiger partial charge in [-0.1, -0.05) is 33.1 Å². The number of carbonyl (C=O) groups is 2. The molecule has 5 aromatic rings. The Morgan fingerprint density at radius 3 is 2.45 bits per heavy atom. The highest BCUT2D eigenvalue weighted by atomic mass is 19.1. The molecule has 244 valence electrons. The minimum absolute atomic E-state index is 0.0593. The van der Waals surface area contributed by atoms with Gasteiger partial charge in [-0.15, -0.1) is 0 Å². The SMILES string of the molecule is CCCCCOc1cc2ncnc(Oc3ccc(NC(=O)c4cn(-c5ccc(F)cc5)cn4)cc3F)c2cc1NC(=O)NCCCC. The molecule has 11 nitrogen and oxygen atoms in total. The minimum atomic E-state index is -0.754. The second-order valence-electron chi connectivity index (χ2n) is 10.7. The Kier molecular flexibility index (Phi) is 10.9. The molecule has 0 aliphatic rings. The smallest absolute Gasteiger partial charge is 0.319 e. The Hall–Kier alpha value is -5.59. The number of urea groups is 1. The van der Waals surface area contributed by atoms with E-state index in [1.54, 1.807) is 28.8 Å². The van der Waals surface area contributed by atoms with Gasteiger partial charge in [-0.3, -0.25) is 4.79 Å². The molecule has 0 atom stereocenters. The van der Waals surface area contributed by atoms with Crippen molar-refractivity contribution in [2.75, 3.05) is 23.8 Å². The summed E-state index contributed by atoms with van der Waals surface area (Å²) in [5.74, 6) is -1.34. The summed E-state index contributed by atoms with van der Waals surface area (Å²) in [4.78, 5) is 38.0. The van der Waals surface area contributed by atoms with E-state index in [1.165, 1.54) is 43.1 Å². The van der Waals surface area contributed by atoms with Crippen LogP contribution in [-0.4, -0.2) is 44.6 Å². The number of hydrogen-bond acceptors (Lipinski definition) is 7. The normalized spacial score (nSPS) is 10.9. The third kappa shape index (κ3) is 8.57. The molecule has 0 unspecified atom stereocenters. The third-order valence-electron chi connectivity index (χ3n) is 7.11. The van der Waals surface area contributed by atoms with Crippen LogP contribution in [0.4, 0.5) is 25.0 Å². The highest BCUT2D eigenvalue weighted by Crippen LogP contribution is 2.36. The van der Waals surface area contributed by atoms with E-state index in [1.807, 2.05) is 6.92 Å². The van der Waals surface area contributed by atoms with Crippen LogP contribution in [0.15, 0.2) is 73.4 Å². The van der Waals surface area contributed by atoms with Gasteiger partial charge in [0.15, 0.2) is 11.6 Å². The Morgan fingerprint density at radius 1 is 0.872 bits per heavy atom. The molecule has 0 saturated carbocycles. The van der Waals surface area contributed by atoms with E-state index in [0.29, 0.717) is 41.2 Å². The number of ether oxygens (including phenoxy) is 2. The van der Waals surface area contributed by atoms with E-state index < -0.39 is 11.7 Å². The molecule has 47 heavy (non-hydrogen) atoms. The first-order valence-electron chi connectivity index (χ1n) is 15.4. The summed E-state index contributed by atoms with van der Waals surface area (Å²) in [5, 5.41) is 8.69. The molecule has 0 radical (unpaired) electrons. The summed E-state index contributed by atoms with van der Waals surface area (Å²) in [6.07, 6.45) is 8.87. The Balaban J connectivity index is 1.33. The van der Waals surface area contributed by atoms with E-state index in [4.69, 9.17) is 9.47 Å². The number of hydrogen-bond donors (Lipinski definition) is 3. The van der Waals surface area contributed by atoms with E-state index in [-0.39, 0.29) is 34.9 Å². The quantitative estimate of drug-likeness (QED) is 0.106. The van der Waals surface area contributed by atoms with Crippen LogP contribution in [-0.2, 0) is 0 Å². The van der Waals surface area contributed by atoms with Crippen molar-refractivity contribution >= 4 is 34.2 Å². The van der Waals surface area contributed by atoms with Crippen LogP contribution in [0.2, 0.25) is 0 Å². The average Bonchev–Trinajstić information content (AvgIpc) is 3.56. The van der Waals surface area contributed by atoms with Crippen LogP contribution in [0, 0.1) is 11.6 Å². The number of fused-ring (bicyclic) bond motifs is 1. The number of nitrogens with zero attached hydrogens (tertiary/aromatic N) is 4. The van der Waals surface area contributed by atoms with Crippen molar-refractivity contribution in [1.29, 1.82) is 0 Å². The van der Waals surface area contributed by atoms with Crippen LogP contribution in [0.1, 0.15) is 56.4 Å². The Bertz CT molecular complexity index is 1850. The van der Waals surface area contributed by atoms with Gasteiger partial charge in [0, 0.05) is 36.2 Å². The van der Waals surface area contributed by atoms with Crippen molar-refractivity contribution in [2.24, 2.45) is 0 Å². The minimum Gasteiger partial charge on any atom is -0.491 e. The topological polar surface area (TPSA) is 132 Å². The second-order valence-corrected chi connectivity index (χ2v) is 10.7. The number of amides is 3. The lowest BCUT2D eigenvalue weighted by Gasteiger charge is -2.15. The van der Waals surface area contributed by atoms with Crippen molar-refractivity contribution in [3.8, 4) is 23.1 Å². The first-order chi connectivity index (χ1) is 22.8. The molecular weight excluding hydrogens is 608 g/mol. The first kappa shape index (κ1) is 32.8. The molecule has 0 spiro atoms. The maximum absolute atomic E-state index is 15.3. The zero-order valence-corrected chi connectivity index (χ0v) is 26.1. The van der Waals surface area contributed by atoms with Gasteiger partial charge in [0.1, 0.15) is 29.9 Å². The van der Waals surface area contributed by atoms with Crippen molar-refractivity contribution < 1.29 is 27.8 Å². The molecule has 5 rings (SSSR count). The number of benzene rings is 3. The Labute approximate surface area is 270 Å². The van der Waals surface area contributed by atoms with Gasteiger partial charge in [0.25, 0.3) is 5.91 Å². The van der Waals surface area contributed by atoms with Crippen LogP contribution in [0.3, 0.4) is 0 Å². The molecule has 3 amide bonds. The number of nitrogens with one attached hydrogen (secondary N) is 3. The van der Waals surface area contributed by atoms with E-state index >= 15 is 4.39 Å². The van der Waals surface area contributed by atoms with Crippen LogP contribution < -0.4 is 25.4 Å². The van der Waals surface area contributed by atoms with Gasteiger partial charge < -0.3 is 30.0 Å². The largest absolute Gasteiger partial charge is 0.491 e. The highest BCUT2D eigenvalue weighted by Gasteiger charge is 2.17. The average molecular weight is 644 g/mol. The Morgan fingerprint density at radius 2 is 1.68 bits per heavy atom. The zero-order chi connectivity index (χ0) is 33.2. The molecule has 0 bridgehead atoms. The fraction of sp³-hybridized carbons (Fsp3) is 0.265. The lowest BCUT2D eigenvalue weighted by molar-refractivity contribution is 0.102. The molecule has 0 saturated heterocycles. The first-order valence-corrected chi connectivity index (χ1v) is 15.4. The third-order valence-corrected chi connectivity index (χ3v) is 7.11. The van der Waals surface area contributed by atoms with Crippen molar-refractivity contribution in [3.05, 3.63) is 90.8 Å². The molecule has 2 aromatic heterocycles. The second kappa shape index (κ2) is 15.6. The fourth-order valence-electron chi connectivity index (χ4n) is 4.59. The van der Waals surface area contributed by atoms with Crippen LogP contribution in [0.25, 0.3) is 16.6 Å². The lowest BCUT2D eigenvalue weighted by Crippen LogP contribution is -2.29. The van der Waals surface area contributed by atoms with E-state index in [0.717, 1.165) is 38.2 Å². The van der Waals surface area contributed by atoms with Crippen molar-refractivity contribution in [2.45, 2.75) is 46.0 Å². The van der Waals surface area contributed by atoms with Crippen molar-refractivity contribution in [3.63, 3.8) is 0 Å². The molecule has 0 aliphatic heterocycles. The summed E-state index contributed by atoms with van der Waals surface area (Å²) < 4.78 is 41.9. The number of rotatable bonds is 14. The maximum atomic E-state index is 15.3. The number of halogens is 2. The molecule has 13 heteroatoms. The van der Waals surface area contributed by atoms with Gasteiger partial charge in [-0.05, 0) is 55.3 Å². The number of anilines is 2. The lowest BCUT2D eigenvalue weighted by atomic mass is 10.2. The number of imidazole rings is 1. The monoisotopic (exact) mass is 643 g/mol. The highest BCUT2D eigenvalue weighted by molar-refractivity contribution is 6.02. The molecular formula is C34H35F2N7O4. The number of aromatic nitrogens is 4. The predicted octanol–water partition coefficient (Wildman–Crippen LogP) is 7.63. The number of carbonyl (C=O) groups excluding carboxylic acids is 2. The molecule has 3 N–H and O–H groups in total. The summed E-state index contributed by atoms with van der Waals surface area (Å²) >= 11 is 0. The summed E-state index contributed by atoms with van der Waals surface area (Å²) in [5.41, 5.74) is 1.75. The zero-order valence-electron chi connectivity index (χ0n) is 26.1. The fourth-order valence-corrected chi connectivity index (χ4v) is 4.59. The maximum Gasteiger partial charge on any atom is 0.319 e. The standard InChI is InChI=1S/C34H35F2N7O4/c1-3-5-7-15-46-31-18-27-25(17-28(31)42-34(45)37-14-6-4-2)33(39-20-38-27)47-30-13-10-23(16-26(30)36)41-32(44)29-19-43(21-40-29)24-11-8-22(35)9-12-24/h8-13,16-21H,3-7,14-15H2,1-2H3,(H,41,44)(H2,37,42,45). The van der Waals surface area contributed by atoms with Gasteiger partial charge in [-0.25, -0.2) is 28.5 Å². The van der Waals surface area contributed by atoms with Crippen molar-refractivity contribution in [1.82, 2.24) is 24.8 Å². The van der Waals surface area contributed by atoms with Crippen LogP contribution in [0.5, 0.6) is 17.4 Å². The molecule has 0 fully saturated rings. The predicted molar refractivity (Wildman–Crippen MR) is 174 cm³/mol. The summed E-state index contributed by atoms with van der Waals surface area (Å²) in [7, 11) is 0. The van der Waals surface area contributed by atoms with Gasteiger partial charge >= 0.3 is 6.03 Å². The van der Waals surface area contributed by atoms with Gasteiger partial charge in [-0.2, -0.15) is 0 Å². The van der Waals surface area contributed by atoms with E-state index in [2.05, 4.69) is 37.8 Å². The summed E-state index contributed by atoms with van der Waals surface area (Å²) in [6, 6.07) is 12.6. The number of unbranched alkanes of at least 4 members (excludes halogenated alkanes) is 3. The molecule has 2 heterocycles.